The molecule has 0 aliphatic carbocycles. The molecule has 1 aliphatic heterocycles. The monoisotopic (exact) mass is 250 g/mol. The highest BCUT2D eigenvalue weighted by Gasteiger charge is 2.26. The summed E-state index contributed by atoms with van der Waals surface area (Å²) in [6, 6.07) is -0.357. The number of carbonyl (C=O) groups excluding carboxylic acids is 2. The molecule has 1 unspecified atom stereocenters. The summed E-state index contributed by atoms with van der Waals surface area (Å²) in [5, 5.41) is 12.5. The molecular weight excluding hydrogens is 232 g/mol. The molecule has 0 spiro atoms. The predicted octanol–water partition coefficient (Wildman–Crippen LogP) is -0.0362. The number of rotatable bonds is 4. The molecule has 1 aliphatic rings. The molecule has 0 aromatic carbocycles. The third kappa shape index (κ3) is 2.69. The zero-order valence-corrected chi connectivity index (χ0v) is 10.7. The highest BCUT2D eigenvalue weighted by Crippen LogP contribution is 2.10. The molecule has 0 radical (unpaired) electrons. The summed E-state index contributed by atoms with van der Waals surface area (Å²) in [7, 11) is 0. The summed E-state index contributed by atoms with van der Waals surface area (Å²) in [6.45, 7) is 4.47. The first kappa shape index (κ1) is 12.6. The van der Waals surface area contributed by atoms with Crippen LogP contribution >= 0.6 is 0 Å². The molecule has 18 heavy (non-hydrogen) atoms. The summed E-state index contributed by atoms with van der Waals surface area (Å²) in [6.07, 6.45) is 1.78. The number of H-pyrrole nitrogens is 1. The van der Waals surface area contributed by atoms with E-state index < -0.39 is 0 Å². The Kier molecular flexibility index (Phi) is 3.64. The first-order chi connectivity index (χ1) is 8.58. The molecule has 0 saturated carbocycles. The molecule has 1 fully saturated rings. The maximum atomic E-state index is 11.7. The van der Waals surface area contributed by atoms with E-state index >= 15 is 0 Å². The predicted molar refractivity (Wildman–Crippen MR) is 65.9 cm³/mol. The van der Waals surface area contributed by atoms with Crippen molar-refractivity contribution in [2.45, 2.75) is 39.2 Å². The zero-order valence-electron chi connectivity index (χ0n) is 10.7. The SMILES string of the molecule is Cc1n[nH]c(C)c1CCNC(=O)C1CCC(=O)N1. The fraction of sp³-hybridized carbons (Fsp3) is 0.583. The summed E-state index contributed by atoms with van der Waals surface area (Å²) >= 11 is 0. The number of aromatic nitrogens is 2. The minimum Gasteiger partial charge on any atom is -0.354 e. The van der Waals surface area contributed by atoms with Crippen molar-refractivity contribution < 1.29 is 9.59 Å². The number of aryl methyl sites for hydroxylation is 2. The van der Waals surface area contributed by atoms with Crippen LogP contribution in [0.1, 0.15) is 29.8 Å². The summed E-state index contributed by atoms with van der Waals surface area (Å²) in [5.41, 5.74) is 3.15. The number of hydrogen-bond donors (Lipinski definition) is 3. The Balaban J connectivity index is 1.79. The van der Waals surface area contributed by atoms with Gasteiger partial charge in [-0.15, -0.1) is 0 Å². The van der Waals surface area contributed by atoms with Crippen molar-refractivity contribution in [2.75, 3.05) is 6.54 Å². The molecule has 0 bridgehead atoms. The van der Waals surface area contributed by atoms with Gasteiger partial charge in [-0.1, -0.05) is 0 Å². The van der Waals surface area contributed by atoms with Gasteiger partial charge in [0.15, 0.2) is 0 Å². The summed E-state index contributed by atoms with van der Waals surface area (Å²) in [4.78, 5) is 22.7. The Morgan fingerprint density at radius 1 is 1.50 bits per heavy atom. The van der Waals surface area contributed by atoms with Crippen molar-refractivity contribution in [3.05, 3.63) is 17.0 Å². The minimum absolute atomic E-state index is 0.0447. The Morgan fingerprint density at radius 3 is 2.83 bits per heavy atom. The molecular formula is C12H18N4O2. The number of carbonyl (C=O) groups is 2. The van der Waals surface area contributed by atoms with E-state index in [-0.39, 0.29) is 17.9 Å². The van der Waals surface area contributed by atoms with Gasteiger partial charge in [0, 0.05) is 18.7 Å². The first-order valence-electron chi connectivity index (χ1n) is 6.15. The van der Waals surface area contributed by atoms with Gasteiger partial charge < -0.3 is 10.6 Å². The number of nitrogens with zero attached hydrogens (tertiary/aromatic N) is 1. The van der Waals surface area contributed by atoms with E-state index in [0.717, 1.165) is 23.4 Å². The second kappa shape index (κ2) is 5.20. The van der Waals surface area contributed by atoms with E-state index in [2.05, 4.69) is 20.8 Å². The molecule has 2 amide bonds. The Bertz CT molecular complexity index is 447. The van der Waals surface area contributed by atoms with E-state index in [1.807, 2.05) is 13.8 Å². The Hall–Kier alpha value is -1.85. The van der Waals surface area contributed by atoms with Crippen molar-refractivity contribution >= 4 is 11.8 Å². The molecule has 3 N–H and O–H groups in total. The number of nitrogens with one attached hydrogen (secondary N) is 3. The molecule has 6 nitrogen and oxygen atoms in total. The van der Waals surface area contributed by atoms with Crippen LogP contribution in [0, 0.1) is 13.8 Å². The Labute approximate surface area is 106 Å². The topological polar surface area (TPSA) is 86.9 Å². The molecule has 1 aromatic heterocycles. The Morgan fingerprint density at radius 2 is 2.28 bits per heavy atom. The van der Waals surface area contributed by atoms with Crippen LogP contribution in [0.4, 0.5) is 0 Å². The quantitative estimate of drug-likeness (QED) is 0.701. The lowest BCUT2D eigenvalue weighted by Gasteiger charge is -2.10. The lowest BCUT2D eigenvalue weighted by Crippen LogP contribution is -2.42. The lowest BCUT2D eigenvalue weighted by atomic mass is 10.1. The van der Waals surface area contributed by atoms with E-state index in [4.69, 9.17) is 0 Å². The van der Waals surface area contributed by atoms with Crippen LogP contribution in [0.2, 0.25) is 0 Å². The van der Waals surface area contributed by atoms with Crippen LogP contribution in [0.25, 0.3) is 0 Å². The van der Waals surface area contributed by atoms with Crippen LogP contribution in [0.3, 0.4) is 0 Å². The van der Waals surface area contributed by atoms with Crippen LogP contribution < -0.4 is 10.6 Å². The fourth-order valence-electron chi connectivity index (χ4n) is 2.19. The molecule has 1 atom stereocenters. The van der Waals surface area contributed by atoms with Gasteiger partial charge in [-0.05, 0) is 32.3 Å². The van der Waals surface area contributed by atoms with Crippen LogP contribution in [0.5, 0.6) is 0 Å². The zero-order chi connectivity index (χ0) is 13.1. The van der Waals surface area contributed by atoms with Crippen molar-refractivity contribution in [3.63, 3.8) is 0 Å². The van der Waals surface area contributed by atoms with Gasteiger partial charge in [0.2, 0.25) is 11.8 Å². The molecule has 98 valence electrons. The molecule has 2 rings (SSSR count). The number of amides is 2. The molecule has 2 heterocycles. The largest absolute Gasteiger partial charge is 0.354 e. The average Bonchev–Trinajstić information content (AvgIpc) is 2.89. The number of aromatic amines is 1. The third-order valence-electron chi connectivity index (χ3n) is 3.27. The van der Waals surface area contributed by atoms with E-state index in [9.17, 15) is 9.59 Å². The smallest absolute Gasteiger partial charge is 0.242 e. The van der Waals surface area contributed by atoms with Gasteiger partial charge in [0.05, 0.1) is 5.69 Å². The summed E-state index contributed by atoms with van der Waals surface area (Å²) < 4.78 is 0. The van der Waals surface area contributed by atoms with Crippen molar-refractivity contribution in [1.82, 2.24) is 20.8 Å². The van der Waals surface area contributed by atoms with Gasteiger partial charge in [0.25, 0.3) is 0 Å². The minimum atomic E-state index is -0.357. The normalized spacial score (nSPS) is 18.8. The average molecular weight is 250 g/mol. The third-order valence-corrected chi connectivity index (χ3v) is 3.27. The van der Waals surface area contributed by atoms with Gasteiger partial charge in [-0.3, -0.25) is 14.7 Å². The molecule has 1 aromatic rings. The molecule has 6 heteroatoms. The van der Waals surface area contributed by atoms with Gasteiger partial charge in [-0.2, -0.15) is 5.10 Å². The second-order valence-corrected chi connectivity index (χ2v) is 4.61. The second-order valence-electron chi connectivity index (χ2n) is 4.61. The van der Waals surface area contributed by atoms with Gasteiger partial charge in [-0.25, -0.2) is 0 Å². The van der Waals surface area contributed by atoms with Crippen LogP contribution in [-0.2, 0) is 16.0 Å². The lowest BCUT2D eigenvalue weighted by molar-refractivity contribution is -0.125. The highest BCUT2D eigenvalue weighted by atomic mass is 16.2. The van der Waals surface area contributed by atoms with E-state index in [0.29, 0.717) is 19.4 Å². The highest BCUT2D eigenvalue weighted by molar-refractivity contribution is 5.90. The molecule has 1 saturated heterocycles. The van der Waals surface area contributed by atoms with Gasteiger partial charge in [0.1, 0.15) is 6.04 Å². The maximum absolute atomic E-state index is 11.7. The summed E-state index contributed by atoms with van der Waals surface area (Å²) in [5.74, 6) is -0.142. The fourth-order valence-corrected chi connectivity index (χ4v) is 2.19. The van der Waals surface area contributed by atoms with E-state index in [1.165, 1.54) is 0 Å². The van der Waals surface area contributed by atoms with Gasteiger partial charge >= 0.3 is 0 Å². The standard InChI is InChI=1S/C12H18N4O2/c1-7-9(8(2)16-15-7)5-6-13-12(18)10-3-4-11(17)14-10/h10H,3-6H2,1-2H3,(H,13,18)(H,14,17)(H,15,16). The first-order valence-corrected chi connectivity index (χ1v) is 6.15. The van der Waals surface area contributed by atoms with Crippen LogP contribution in [-0.4, -0.2) is 34.6 Å². The van der Waals surface area contributed by atoms with Crippen molar-refractivity contribution in [3.8, 4) is 0 Å². The van der Waals surface area contributed by atoms with E-state index in [1.54, 1.807) is 0 Å². The van der Waals surface area contributed by atoms with Crippen LogP contribution in [0.15, 0.2) is 0 Å². The maximum Gasteiger partial charge on any atom is 0.242 e. The van der Waals surface area contributed by atoms with Crippen molar-refractivity contribution in [1.29, 1.82) is 0 Å². The van der Waals surface area contributed by atoms with Crippen molar-refractivity contribution in [2.24, 2.45) is 0 Å². The number of hydrogen-bond acceptors (Lipinski definition) is 3.